The Labute approximate surface area is 104 Å². The molecule has 0 aromatic heterocycles. The fourth-order valence-electron chi connectivity index (χ4n) is 2.02. The van der Waals surface area contributed by atoms with Crippen LogP contribution >= 0.6 is 0 Å². The Hall–Kier alpha value is -0.810. The highest BCUT2D eigenvalue weighted by Gasteiger charge is 2.17. The van der Waals surface area contributed by atoms with E-state index in [1.807, 2.05) is 7.05 Å². The maximum Gasteiger partial charge on any atom is 0.208 e. The van der Waals surface area contributed by atoms with E-state index in [-0.39, 0.29) is 0 Å². The SMILES string of the molecule is CCCCN=C(NN)N(C)CC1CCOCC1. The third-order valence-electron chi connectivity index (χ3n) is 3.14. The summed E-state index contributed by atoms with van der Waals surface area (Å²) in [5.74, 6) is 7.00. The van der Waals surface area contributed by atoms with Gasteiger partial charge >= 0.3 is 0 Å². The fourth-order valence-corrected chi connectivity index (χ4v) is 2.02. The highest BCUT2D eigenvalue weighted by molar-refractivity contribution is 5.79. The number of rotatable bonds is 5. The third kappa shape index (κ3) is 5.37. The standard InChI is InChI=1S/C12H26N4O/c1-3-4-7-14-12(15-13)16(2)10-11-5-8-17-9-6-11/h11H,3-10,13H2,1-2H3,(H,14,15). The molecule has 1 fully saturated rings. The van der Waals surface area contributed by atoms with E-state index in [0.29, 0.717) is 5.92 Å². The zero-order chi connectivity index (χ0) is 12.5. The molecule has 0 atom stereocenters. The van der Waals surface area contributed by atoms with Gasteiger partial charge in [0.05, 0.1) is 0 Å². The van der Waals surface area contributed by atoms with Crippen molar-refractivity contribution in [3.05, 3.63) is 0 Å². The van der Waals surface area contributed by atoms with Gasteiger partial charge in [-0.3, -0.25) is 10.4 Å². The van der Waals surface area contributed by atoms with Gasteiger partial charge in [0, 0.05) is 33.4 Å². The van der Waals surface area contributed by atoms with Crippen LogP contribution in [0.3, 0.4) is 0 Å². The first kappa shape index (κ1) is 14.3. The summed E-state index contributed by atoms with van der Waals surface area (Å²) in [5.41, 5.74) is 2.69. The molecule has 0 aliphatic carbocycles. The van der Waals surface area contributed by atoms with Crippen LogP contribution < -0.4 is 11.3 Å². The second-order valence-electron chi connectivity index (χ2n) is 4.64. The predicted octanol–water partition coefficient (Wildman–Crippen LogP) is 0.964. The van der Waals surface area contributed by atoms with Crippen LogP contribution in [0, 0.1) is 5.92 Å². The molecule has 0 aromatic rings. The molecule has 5 heteroatoms. The van der Waals surface area contributed by atoms with Crippen LogP contribution in [-0.4, -0.2) is 44.2 Å². The highest BCUT2D eigenvalue weighted by Crippen LogP contribution is 2.15. The third-order valence-corrected chi connectivity index (χ3v) is 3.14. The Morgan fingerprint density at radius 2 is 2.18 bits per heavy atom. The Morgan fingerprint density at radius 3 is 2.76 bits per heavy atom. The van der Waals surface area contributed by atoms with Crippen molar-refractivity contribution in [3.63, 3.8) is 0 Å². The van der Waals surface area contributed by atoms with E-state index in [9.17, 15) is 0 Å². The van der Waals surface area contributed by atoms with E-state index in [0.717, 1.165) is 57.9 Å². The quantitative estimate of drug-likeness (QED) is 0.248. The molecule has 0 amide bonds. The van der Waals surface area contributed by atoms with E-state index in [4.69, 9.17) is 10.6 Å². The molecule has 0 radical (unpaired) electrons. The number of guanidine groups is 1. The van der Waals surface area contributed by atoms with Crippen molar-refractivity contribution in [1.82, 2.24) is 10.3 Å². The number of unbranched alkanes of at least 4 members (excludes halogenated alkanes) is 1. The van der Waals surface area contributed by atoms with Gasteiger partial charge in [0.2, 0.25) is 5.96 Å². The molecule has 0 aromatic carbocycles. The second-order valence-corrected chi connectivity index (χ2v) is 4.64. The maximum absolute atomic E-state index is 5.51. The van der Waals surface area contributed by atoms with E-state index in [1.54, 1.807) is 0 Å². The summed E-state index contributed by atoms with van der Waals surface area (Å²) in [7, 11) is 2.04. The van der Waals surface area contributed by atoms with Crippen LogP contribution in [0.15, 0.2) is 4.99 Å². The summed E-state index contributed by atoms with van der Waals surface area (Å²) in [4.78, 5) is 6.59. The Balaban J connectivity index is 2.36. The van der Waals surface area contributed by atoms with Gasteiger partial charge in [-0.15, -0.1) is 0 Å². The highest BCUT2D eigenvalue weighted by atomic mass is 16.5. The zero-order valence-electron chi connectivity index (χ0n) is 11.1. The molecule has 17 heavy (non-hydrogen) atoms. The van der Waals surface area contributed by atoms with Crippen molar-refractivity contribution in [3.8, 4) is 0 Å². The number of hydrogen-bond acceptors (Lipinski definition) is 3. The molecule has 3 N–H and O–H groups in total. The second kappa shape index (κ2) is 8.31. The van der Waals surface area contributed by atoms with Crippen LogP contribution in [0.25, 0.3) is 0 Å². The molecule has 1 aliphatic rings. The molecule has 100 valence electrons. The number of nitrogens with two attached hydrogens (primary N) is 1. The lowest BCUT2D eigenvalue weighted by atomic mass is 10.00. The topological polar surface area (TPSA) is 62.9 Å². The van der Waals surface area contributed by atoms with Crippen molar-refractivity contribution < 1.29 is 4.74 Å². The van der Waals surface area contributed by atoms with Gasteiger partial charge in [-0.2, -0.15) is 0 Å². The predicted molar refractivity (Wildman–Crippen MR) is 70.7 cm³/mol. The van der Waals surface area contributed by atoms with Crippen molar-refractivity contribution in [1.29, 1.82) is 0 Å². The van der Waals surface area contributed by atoms with Crippen molar-refractivity contribution in [2.45, 2.75) is 32.6 Å². The number of nitrogens with zero attached hydrogens (tertiary/aromatic N) is 2. The summed E-state index contributed by atoms with van der Waals surface area (Å²) in [5, 5.41) is 0. The van der Waals surface area contributed by atoms with Gasteiger partial charge < -0.3 is 9.64 Å². The van der Waals surface area contributed by atoms with Gasteiger partial charge in [0.1, 0.15) is 0 Å². The smallest absolute Gasteiger partial charge is 0.208 e. The lowest BCUT2D eigenvalue weighted by Gasteiger charge is -2.28. The van der Waals surface area contributed by atoms with Gasteiger partial charge in [0.25, 0.3) is 0 Å². The van der Waals surface area contributed by atoms with Crippen molar-refractivity contribution in [2.75, 3.05) is 33.4 Å². The average Bonchev–Trinajstić information content (AvgIpc) is 2.36. The lowest BCUT2D eigenvalue weighted by molar-refractivity contribution is 0.0610. The van der Waals surface area contributed by atoms with Crippen LogP contribution in [-0.2, 0) is 4.74 Å². The van der Waals surface area contributed by atoms with E-state index >= 15 is 0 Å². The largest absolute Gasteiger partial charge is 0.381 e. The normalized spacial score (nSPS) is 18.2. The molecule has 1 rings (SSSR count). The van der Waals surface area contributed by atoms with Gasteiger partial charge in [-0.1, -0.05) is 13.3 Å². The van der Waals surface area contributed by atoms with Crippen LogP contribution in [0.5, 0.6) is 0 Å². The number of hydrogen-bond donors (Lipinski definition) is 2. The molecule has 0 bridgehead atoms. The summed E-state index contributed by atoms with van der Waals surface area (Å²) in [6.07, 6.45) is 4.54. The first-order valence-corrected chi connectivity index (χ1v) is 6.57. The summed E-state index contributed by atoms with van der Waals surface area (Å²) in [6.45, 7) is 5.78. The molecule has 1 saturated heterocycles. The minimum atomic E-state index is 0.693. The number of hydrazine groups is 1. The number of aliphatic imine (C=N–C) groups is 1. The molecular weight excluding hydrogens is 216 g/mol. The summed E-state index contributed by atoms with van der Waals surface area (Å²) >= 11 is 0. The number of nitrogens with one attached hydrogen (secondary N) is 1. The van der Waals surface area contributed by atoms with Gasteiger partial charge in [-0.05, 0) is 25.2 Å². The Kier molecular flexibility index (Phi) is 6.96. The Bertz CT molecular complexity index is 227. The van der Waals surface area contributed by atoms with Crippen LogP contribution in [0.1, 0.15) is 32.6 Å². The lowest BCUT2D eigenvalue weighted by Crippen LogP contribution is -2.45. The maximum atomic E-state index is 5.51. The monoisotopic (exact) mass is 242 g/mol. The minimum absolute atomic E-state index is 0.693. The van der Waals surface area contributed by atoms with E-state index in [1.165, 1.54) is 0 Å². The van der Waals surface area contributed by atoms with Crippen LogP contribution in [0.2, 0.25) is 0 Å². The number of ether oxygens (including phenoxy) is 1. The van der Waals surface area contributed by atoms with Crippen LogP contribution in [0.4, 0.5) is 0 Å². The van der Waals surface area contributed by atoms with Crippen molar-refractivity contribution in [2.24, 2.45) is 16.8 Å². The fraction of sp³-hybridized carbons (Fsp3) is 0.917. The molecule has 0 saturated carbocycles. The molecule has 0 unspecified atom stereocenters. The van der Waals surface area contributed by atoms with E-state index in [2.05, 4.69) is 22.2 Å². The summed E-state index contributed by atoms with van der Waals surface area (Å²) in [6, 6.07) is 0. The molecular formula is C12H26N4O. The van der Waals surface area contributed by atoms with Gasteiger partial charge in [0.15, 0.2) is 0 Å². The van der Waals surface area contributed by atoms with E-state index < -0.39 is 0 Å². The zero-order valence-corrected chi connectivity index (χ0v) is 11.1. The average molecular weight is 242 g/mol. The molecule has 5 nitrogen and oxygen atoms in total. The summed E-state index contributed by atoms with van der Waals surface area (Å²) < 4.78 is 5.36. The Morgan fingerprint density at radius 1 is 1.47 bits per heavy atom. The minimum Gasteiger partial charge on any atom is -0.381 e. The first-order valence-electron chi connectivity index (χ1n) is 6.57. The molecule has 1 aliphatic heterocycles. The molecule has 1 heterocycles. The molecule has 0 spiro atoms. The van der Waals surface area contributed by atoms with Crippen molar-refractivity contribution >= 4 is 5.96 Å². The first-order chi connectivity index (χ1) is 8.27. The van der Waals surface area contributed by atoms with Gasteiger partial charge in [-0.25, -0.2) is 5.84 Å².